The minimum atomic E-state index is -2.41. The fourth-order valence-corrected chi connectivity index (χ4v) is 9.74. The maximum absolute atomic E-state index is 17.6. The molecule has 0 amide bonds. The molecule has 5 rings (SSSR count). The van der Waals surface area contributed by atoms with Gasteiger partial charge in [0, 0.05) is 11.8 Å². The Kier molecular flexibility index (Phi) is 6.98. The van der Waals surface area contributed by atoms with E-state index in [0.717, 1.165) is 23.5 Å². The Hall–Kier alpha value is -1.62. The number of thiophene rings is 1. The van der Waals surface area contributed by atoms with Gasteiger partial charge in [0.05, 0.1) is 16.5 Å². The predicted molar refractivity (Wildman–Crippen MR) is 139 cm³/mol. The zero-order valence-electron chi connectivity index (χ0n) is 21.0. The van der Waals surface area contributed by atoms with Gasteiger partial charge in [0.2, 0.25) is 5.78 Å². The van der Waals surface area contributed by atoms with Gasteiger partial charge < -0.3 is 9.84 Å². The van der Waals surface area contributed by atoms with E-state index in [1.807, 2.05) is 13.8 Å². The molecule has 0 unspecified atom stereocenters. The first kappa shape index (κ1) is 27.9. The molecule has 9 atom stereocenters. The molecule has 11 heteroatoms. The Morgan fingerprint density at radius 2 is 2.00 bits per heavy atom. The summed E-state index contributed by atoms with van der Waals surface area (Å²) in [7, 11) is 0. The Labute approximate surface area is 231 Å². The highest BCUT2D eigenvalue weighted by molar-refractivity contribution is 8.13. The molecule has 1 heterocycles. The van der Waals surface area contributed by atoms with Crippen LogP contribution in [0.5, 0.6) is 0 Å². The minimum absolute atomic E-state index is 0.0652. The Bertz CT molecular complexity index is 1260. The summed E-state index contributed by atoms with van der Waals surface area (Å²) in [5.74, 6) is -4.38. The zero-order valence-corrected chi connectivity index (χ0v) is 23.4. The van der Waals surface area contributed by atoms with E-state index >= 15 is 8.78 Å². The number of allylic oxidation sites excluding steroid dienone is 3. The average Bonchev–Trinajstić information content (AvgIpc) is 3.37. The van der Waals surface area contributed by atoms with Crippen molar-refractivity contribution in [2.45, 2.75) is 58.0 Å². The van der Waals surface area contributed by atoms with Gasteiger partial charge in [0.25, 0.3) is 0 Å². The molecule has 3 saturated carbocycles. The molecular weight excluding hydrogens is 561 g/mol. The van der Waals surface area contributed by atoms with E-state index in [1.54, 1.807) is 5.38 Å². The standard InChI is InChI=1S/C27H28ClF3O5S2/c1-12-6-13-14-7-17(30)15-8-18(32)19(36-23(34)22-16(28)4-5-37-22)9-26(15,3)27(14,31)20(33)10-25(13,2)21(12)24(35)38-11-29/h4-5,8-9,12-14,17,20-21,33H,6-7,10-11H2,1-3H3/t12-,13+,14+,17-,20+,21+,25+,26+,27+/m1/s1. The van der Waals surface area contributed by atoms with Gasteiger partial charge in [-0.25, -0.2) is 18.0 Å². The van der Waals surface area contributed by atoms with Crippen molar-refractivity contribution in [1.82, 2.24) is 0 Å². The molecule has 5 nitrogen and oxygen atoms in total. The molecule has 206 valence electrons. The smallest absolute Gasteiger partial charge is 0.355 e. The van der Waals surface area contributed by atoms with Crippen LogP contribution < -0.4 is 0 Å². The van der Waals surface area contributed by atoms with Gasteiger partial charge in [-0.3, -0.25) is 9.59 Å². The van der Waals surface area contributed by atoms with Crippen LogP contribution in [0.4, 0.5) is 13.2 Å². The molecular formula is C27H28ClF3O5S2. The Morgan fingerprint density at radius 3 is 2.63 bits per heavy atom. The number of thioether (sulfide) groups is 1. The number of hydrogen-bond donors (Lipinski definition) is 1. The summed E-state index contributed by atoms with van der Waals surface area (Å²) in [6, 6.07) is 0.620. The average molecular weight is 589 g/mol. The number of esters is 1. The van der Waals surface area contributed by atoms with Gasteiger partial charge in [0.1, 0.15) is 17.1 Å². The van der Waals surface area contributed by atoms with Crippen LogP contribution in [0, 0.1) is 34.5 Å². The second-order valence-electron chi connectivity index (χ2n) is 11.3. The van der Waals surface area contributed by atoms with Gasteiger partial charge in [-0.15, -0.1) is 11.3 Å². The van der Waals surface area contributed by atoms with E-state index in [2.05, 4.69) is 0 Å². The van der Waals surface area contributed by atoms with E-state index in [4.69, 9.17) is 16.3 Å². The van der Waals surface area contributed by atoms with Crippen molar-refractivity contribution in [3.63, 3.8) is 0 Å². The molecule has 1 N–H and O–H groups in total. The van der Waals surface area contributed by atoms with Crippen LogP contribution in [-0.4, -0.2) is 45.9 Å². The summed E-state index contributed by atoms with van der Waals surface area (Å²) >= 11 is 7.60. The summed E-state index contributed by atoms with van der Waals surface area (Å²) < 4.78 is 51.7. The van der Waals surface area contributed by atoms with Crippen LogP contribution in [0.25, 0.3) is 0 Å². The summed E-state index contributed by atoms with van der Waals surface area (Å²) in [4.78, 5) is 38.5. The van der Waals surface area contributed by atoms with Crippen LogP contribution in [0.1, 0.15) is 49.7 Å². The molecule has 1 aromatic rings. The minimum Gasteiger partial charge on any atom is -0.418 e. The van der Waals surface area contributed by atoms with E-state index in [1.165, 1.54) is 13.0 Å². The lowest BCUT2D eigenvalue weighted by molar-refractivity contribution is -0.201. The largest absolute Gasteiger partial charge is 0.418 e. The van der Waals surface area contributed by atoms with Crippen molar-refractivity contribution in [2.75, 3.05) is 6.01 Å². The van der Waals surface area contributed by atoms with Crippen molar-refractivity contribution >= 4 is 51.6 Å². The Morgan fingerprint density at radius 1 is 1.29 bits per heavy atom. The van der Waals surface area contributed by atoms with E-state index in [-0.39, 0.29) is 39.3 Å². The van der Waals surface area contributed by atoms with Gasteiger partial charge in [-0.1, -0.05) is 37.2 Å². The molecule has 4 aliphatic carbocycles. The number of carbonyl (C=O) groups is 3. The first-order chi connectivity index (χ1) is 17.8. The lowest BCUT2D eigenvalue weighted by atomic mass is 9.45. The van der Waals surface area contributed by atoms with Crippen LogP contribution in [0.2, 0.25) is 5.02 Å². The lowest BCUT2D eigenvalue weighted by Gasteiger charge is -2.62. The number of aliphatic hydroxyl groups excluding tert-OH is 1. The third-order valence-electron chi connectivity index (χ3n) is 9.49. The van der Waals surface area contributed by atoms with Crippen LogP contribution in [-0.2, 0) is 14.3 Å². The molecule has 0 aliphatic heterocycles. The van der Waals surface area contributed by atoms with Gasteiger partial charge >= 0.3 is 5.97 Å². The molecule has 3 fully saturated rings. The van der Waals surface area contributed by atoms with E-state index < -0.39 is 70.0 Å². The lowest BCUT2D eigenvalue weighted by Crippen LogP contribution is -2.68. The molecule has 4 aliphatic rings. The SMILES string of the molecule is C[C@@H]1C[C@H]2[C@@H]3C[C@@H](F)C4=CC(=O)C(OC(=O)c5sccc5Cl)=C[C@]4(C)[C@@]3(F)[C@@H](O)C[C@]2(C)[C@@H]1C(=O)SCF. The zero-order chi connectivity index (χ0) is 27.8. The fraction of sp³-hybridized carbons (Fsp3) is 0.593. The normalized spacial score (nSPS) is 41.9. The van der Waals surface area contributed by atoms with Crippen molar-refractivity contribution in [3.05, 3.63) is 44.8 Å². The Balaban J connectivity index is 1.56. The number of alkyl halides is 3. The highest BCUT2D eigenvalue weighted by Crippen LogP contribution is 2.70. The third-order valence-corrected chi connectivity index (χ3v) is 11.5. The number of fused-ring (bicyclic) bond motifs is 5. The number of halogens is 4. The molecule has 38 heavy (non-hydrogen) atoms. The van der Waals surface area contributed by atoms with E-state index in [9.17, 15) is 23.9 Å². The molecule has 0 bridgehead atoms. The third kappa shape index (κ3) is 3.80. The maximum atomic E-state index is 17.6. The number of hydrogen-bond acceptors (Lipinski definition) is 7. The van der Waals surface area contributed by atoms with Crippen LogP contribution in [0.15, 0.2) is 34.9 Å². The second-order valence-corrected chi connectivity index (χ2v) is 13.6. The van der Waals surface area contributed by atoms with E-state index in [0.29, 0.717) is 18.2 Å². The van der Waals surface area contributed by atoms with Gasteiger partial charge in [0.15, 0.2) is 16.5 Å². The summed E-state index contributed by atoms with van der Waals surface area (Å²) in [5.41, 5.74) is -5.16. The monoisotopic (exact) mass is 588 g/mol. The number of ether oxygens (including phenoxy) is 1. The molecule has 0 aromatic carbocycles. The first-order valence-electron chi connectivity index (χ1n) is 12.5. The highest BCUT2D eigenvalue weighted by atomic mass is 35.5. The van der Waals surface area contributed by atoms with Crippen molar-refractivity contribution in [1.29, 1.82) is 0 Å². The van der Waals surface area contributed by atoms with Crippen molar-refractivity contribution in [2.24, 2.45) is 34.5 Å². The second kappa shape index (κ2) is 9.49. The maximum Gasteiger partial charge on any atom is 0.355 e. The highest BCUT2D eigenvalue weighted by Gasteiger charge is 2.73. The quantitative estimate of drug-likeness (QED) is 0.419. The van der Waals surface area contributed by atoms with Crippen LogP contribution >= 0.6 is 34.7 Å². The molecule has 1 aromatic heterocycles. The van der Waals surface area contributed by atoms with Gasteiger partial charge in [-0.05, 0) is 72.6 Å². The van der Waals surface area contributed by atoms with Gasteiger partial charge in [-0.2, -0.15) is 0 Å². The molecule has 0 saturated heterocycles. The predicted octanol–water partition coefficient (Wildman–Crippen LogP) is 6.25. The fourth-order valence-electron chi connectivity index (χ4n) is 7.95. The molecule has 0 radical (unpaired) electrons. The van der Waals surface area contributed by atoms with Crippen LogP contribution in [0.3, 0.4) is 0 Å². The topological polar surface area (TPSA) is 80.7 Å². The van der Waals surface area contributed by atoms with Crippen molar-refractivity contribution in [3.8, 4) is 0 Å². The number of rotatable bonds is 4. The summed E-state index contributed by atoms with van der Waals surface area (Å²) in [6.07, 6.45) is -1.11. The number of ketones is 1. The number of carbonyl (C=O) groups excluding carboxylic acids is 3. The first-order valence-corrected chi connectivity index (χ1v) is 14.7. The molecule has 0 spiro atoms. The van der Waals surface area contributed by atoms with Crippen molar-refractivity contribution < 1.29 is 37.4 Å². The summed E-state index contributed by atoms with van der Waals surface area (Å²) in [5, 5.41) is 12.8. The summed E-state index contributed by atoms with van der Waals surface area (Å²) in [6.45, 7) is 5.08. The number of aliphatic hydroxyl groups is 1.